The molecule has 0 amide bonds. The van der Waals surface area contributed by atoms with E-state index in [9.17, 15) is 18.0 Å². The smallest absolute Gasteiger partial charge is 0.416 e. The molecular weight excluding hydrogens is 469 g/mol. The predicted octanol–water partition coefficient (Wildman–Crippen LogP) is 6.53. The van der Waals surface area contributed by atoms with Crippen LogP contribution >= 0.6 is 0 Å². The molecule has 0 atom stereocenters. The third kappa shape index (κ3) is 6.66. The Morgan fingerprint density at radius 2 is 1.89 bits per heavy atom. The Morgan fingerprint density at radius 1 is 1.11 bits per heavy atom. The van der Waals surface area contributed by atoms with Gasteiger partial charge in [0.05, 0.1) is 17.7 Å². The highest BCUT2D eigenvalue weighted by Crippen LogP contribution is 2.41. The summed E-state index contributed by atoms with van der Waals surface area (Å²) in [5, 5.41) is 13.1. The fourth-order valence-electron chi connectivity index (χ4n) is 5.25. The van der Waals surface area contributed by atoms with Gasteiger partial charge in [-0.1, -0.05) is 48.7 Å². The Hall–Kier alpha value is -2.87. The summed E-state index contributed by atoms with van der Waals surface area (Å²) < 4.78 is 41.4. The van der Waals surface area contributed by atoms with Gasteiger partial charge in [0.25, 0.3) is 0 Å². The van der Waals surface area contributed by atoms with Crippen LogP contribution in [0.4, 0.5) is 13.2 Å². The van der Waals surface area contributed by atoms with Gasteiger partial charge in [0.1, 0.15) is 6.61 Å². The second-order valence-corrected chi connectivity index (χ2v) is 9.86. The van der Waals surface area contributed by atoms with Crippen LogP contribution < -0.4 is 0 Å². The van der Waals surface area contributed by atoms with E-state index in [1.165, 1.54) is 17.2 Å². The molecule has 2 aliphatic rings. The van der Waals surface area contributed by atoms with Gasteiger partial charge in [-0.2, -0.15) is 13.2 Å². The summed E-state index contributed by atoms with van der Waals surface area (Å²) in [6.07, 6.45) is 1.23. The molecule has 8 heteroatoms. The molecule has 1 aliphatic carbocycles. The number of oxime groups is 1. The number of benzene rings is 2. The van der Waals surface area contributed by atoms with E-state index in [0.29, 0.717) is 29.9 Å². The molecule has 1 aliphatic heterocycles. The first kappa shape index (κ1) is 26.2. The maximum absolute atomic E-state index is 13.8. The van der Waals surface area contributed by atoms with Crippen molar-refractivity contribution in [1.29, 1.82) is 0 Å². The molecular formula is C28H33F3N2O3. The van der Waals surface area contributed by atoms with Crippen LogP contribution in [0.3, 0.4) is 0 Å². The second kappa shape index (κ2) is 11.5. The van der Waals surface area contributed by atoms with Crippen molar-refractivity contribution in [2.75, 3.05) is 13.1 Å². The highest BCUT2D eigenvalue weighted by Gasteiger charge is 2.35. The molecule has 194 valence electrons. The standard InChI is InChI=1S/C28H33F3N2O3/c1-19(22-8-9-24-17-33(14-12-27(34)35)13-11-23(24)16-22)32-36-18-20-7-10-25(21-5-3-2-4-6-21)26(15-20)28(29,30)31/h7-10,15-16,21H,2-6,11-14,17-18H2,1H3,(H,34,35). The number of carboxylic acids is 1. The molecule has 1 saturated carbocycles. The maximum Gasteiger partial charge on any atom is 0.416 e. The van der Waals surface area contributed by atoms with Crippen LogP contribution in [-0.4, -0.2) is 34.8 Å². The van der Waals surface area contributed by atoms with Gasteiger partial charge >= 0.3 is 12.1 Å². The van der Waals surface area contributed by atoms with E-state index < -0.39 is 17.7 Å². The number of rotatable bonds is 8. The van der Waals surface area contributed by atoms with E-state index in [2.05, 4.69) is 16.1 Å². The molecule has 0 bridgehead atoms. The van der Waals surface area contributed by atoms with Crippen LogP contribution in [0.5, 0.6) is 0 Å². The Kier molecular flexibility index (Phi) is 8.34. The van der Waals surface area contributed by atoms with Crippen LogP contribution in [0.15, 0.2) is 41.6 Å². The van der Waals surface area contributed by atoms with Crippen molar-refractivity contribution in [1.82, 2.24) is 4.90 Å². The van der Waals surface area contributed by atoms with E-state index in [-0.39, 0.29) is 18.9 Å². The second-order valence-electron chi connectivity index (χ2n) is 9.86. The first-order valence-corrected chi connectivity index (χ1v) is 12.6. The first-order valence-electron chi connectivity index (χ1n) is 12.6. The van der Waals surface area contributed by atoms with E-state index in [4.69, 9.17) is 9.94 Å². The van der Waals surface area contributed by atoms with Gasteiger partial charge in [0.2, 0.25) is 0 Å². The fraction of sp³-hybridized carbons (Fsp3) is 0.500. The lowest BCUT2D eigenvalue weighted by Crippen LogP contribution is -2.32. The lowest BCUT2D eigenvalue weighted by molar-refractivity contribution is -0.139. The number of alkyl halides is 3. The summed E-state index contributed by atoms with van der Waals surface area (Å²) in [7, 11) is 0. The summed E-state index contributed by atoms with van der Waals surface area (Å²) in [5.41, 5.74) is 4.22. The third-order valence-electron chi connectivity index (χ3n) is 7.26. The predicted molar refractivity (Wildman–Crippen MR) is 132 cm³/mol. The molecule has 0 saturated heterocycles. The Labute approximate surface area is 209 Å². The molecule has 0 unspecified atom stereocenters. The van der Waals surface area contributed by atoms with Crippen LogP contribution in [-0.2, 0) is 35.4 Å². The molecule has 0 radical (unpaired) electrons. The normalized spacial score (nSPS) is 17.6. The van der Waals surface area contributed by atoms with Crippen LogP contribution in [0.25, 0.3) is 0 Å². The van der Waals surface area contributed by atoms with Gasteiger partial charge in [-0.15, -0.1) is 0 Å². The molecule has 5 nitrogen and oxygen atoms in total. The minimum atomic E-state index is -4.39. The van der Waals surface area contributed by atoms with Crippen molar-refractivity contribution in [2.24, 2.45) is 5.16 Å². The van der Waals surface area contributed by atoms with Crippen molar-refractivity contribution in [3.05, 3.63) is 69.8 Å². The molecule has 1 fully saturated rings. The Balaban J connectivity index is 1.40. The zero-order valence-corrected chi connectivity index (χ0v) is 20.6. The lowest BCUT2D eigenvalue weighted by atomic mass is 9.81. The minimum absolute atomic E-state index is 0.0288. The molecule has 0 spiro atoms. The summed E-state index contributed by atoms with van der Waals surface area (Å²) in [6, 6.07) is 10.6. The van der Waals surface area contributed by atoms with Gasteiger partial charge in [-0.25, -0.2) is 0 Å². The third-order valence-corrected chi connectivity index (χ3v) is 7.26. The first-order chi connectivity index (χ1) is 17.2. The molecule has 0 aromatic heterocycles. The van der Waals surface area contributed by atoms with Gasteiger partial charge in [-0.3, -0.25) is 9.69 Å². The number of nitrogens with zero attached hydrogens (tertiary/aromatic N) is 2. The number of hydrogen-bond donors (Lipinski definition) is 1. The van der Waals surface area contributed by atoms with Crippen molar-refractivity contribution < 1.29 is 27.9 Å². The van der Waals surface area contributed by atoms with Crippen molar-refractivity contribution in [3.63, 3.8) is 0 Å². The monoisotopic (exact) mass is 502 g/mol. The molecule has 4 rings (SSSR count). The van der Waals surface area contributed by atoms with E-state index in [1.54, 1.807) is 12.1 Å². The summed E-state index contributed by atoms with van der Waals surface area (Å²) in [4.78, 5) is 18.4. The highest BCUT2D eigenvalue weighted by atomic mass is 19.4. The largest absolute Gasteiger partial charge is 0.481 e. The zero-order chi connectivity index (χ0) is 25.7. The number of hydrogen-bond acceptors (Lipinski definition) is 4. The van der Waals surface area contributed by atoms with Gasteiger partial charge in [0.15, 0.2) is 0 Å². The Morgan fingerprint density at radius 3 is 2.61 bits per heavy atom. The zero-order valence-electron chi connectivity index (χ0n) is 20.6. The van der Waals surface area contributed by atoms with Crippen molar-refractivity contribution >= 4 is 11.7 Å². The number of fused-ring (bicyclic) bond motifs is 1. The number of carbonyl (C=O) groups is 1. The summed E-state index contributed by atoms with van der Waals surface area (Å²) >= 11 is 0. The van der Waals surface area contributed by atoms with Crippen molar-refractivity contribution in [3.8, 4) is 0 Å². The molecule has 36 heavy (non-hydrogen) atoms. The molecule has 1 N–H and O–H groups in total. The van der Waals surface area contributed by atoms with E-state index in [1.807, 2.05) is 19.1 Å². The maximum atomic E-state index is 13.8. The molecule has 2 aromatic carbocycles. The van der Waals surface area contributed by atoms with Crippen LogP contribution in [0.2, 0.25) is 0 Å². The van der Waals surface area contributed by atoms with Crippen molar-refractivity contribution in [2.45, 2.75) is 77.1 Å². The van der Waals surface area contributed by atoms with E-state index >= 15 is 0 Å². The lowest BCUT2D eigenvalue weighted by Gasteiger charge is -2.28. The fourth-order valence-corrected chi connectivity index (χ4v) is 5.25. The number of halogens is 3. The average molecular weight is 503 g/mol. The average Bonchev–Trinajstić information content (AvgIpc) is 2.87. The molecule has 1 heterocycles. The van der Waals surface area contributed by atoms with Gasteiger partial charge < -0.3 is 9.94 Å². The molecule has 2 aromatic rings. The van der Waals surface area contributed by atoms with Crippen LogP contribution in [0.1, 0.15) is 84.7 Å². The van der Waals surface area contributed by atoms with Crippen LogP contribution in [0, 0.1) is 0 Å². The highest BCUT2D eigenvalue weighted by molar-refractivity contribution is 5.98. The summed E-state index contributed by atoms with van der Waals surface area (Å²) in [6.45, 7) is 3.83. The topological polar surface area (TPSA) is 62.1 Å². The minimum Gasteiger partial charge on any atom is -0.481 e. The Bertz CT molecular complexity index is 1110. The van der Waals surface area contributed by atoms with Gasteiger partial charge in [0, 0.05) is 19.6 Å². The van der Waals surface area contributed by atoms with E-state index in [0.717, 1.165) is 50.6 Å². The number of carboxylic acid groups (broad SMARTS) is 1. The SMILES string of the molecule is CC(=NOCc1ccc(C2CCCCC2)c(C(F)(F)F)c1)c1ccc2c(c1)CCN(CCC(=O)O)C2. The summed E-state index contributed by atoms with van der Waals surface area (Å²) in [5.74, 6) is -0.823. The van der Waals surface area contributed by atoms with Gasteiger partial charge in [-0.05, 0) is 72.1 Å². The number of aliphatic carboxylic acids is 1. The quantitative estimate of drug-likeness (QED) is 0.329.